The fourth-order valence-corrected chi connectivity index (χ4v) is 3.31. The zero-order chi connectivity index (χ0) is 20.8. The van der Waals surface area contributed by atoms with Gasteiger partial charge in [-0.2, -0.15) is 0 Å². The van der Waals surface area contributed by atoms with Crippen LogP contribution in [0.2, 0.25) is 0 Å². The Morgan fingerprint density at radius 2 is 1.90 bits per heavy atom. The molecule has 0 atom stereocenters. The van der Waals surface area contributed by atoms with Crippen LogP contribution in [0.3, 0.4) is 0 Å². The lowest BCUT2D eigenvalue weighted by Gasteiger charge is -2.10. The number of thiazole rings is 1. The standard InChI is InChI=1S/C20H19F2N3O3S/c1-27-13-6-7-18(28-2)17(9-13)25-20-24-12(11-29-20)8-19(26)23-10-14-15(21)4-3-5-16(14)22/h3-7,9,11H,8,10H2,1-2H3,(H,23,26)(H,24,25). The molecule has 0 unspecified atom stereocenters. The summed E-state index contributed by atoms with van der Waals surface area (Å²) in [5, 5.41) is 7.95. The van der Waals surface area contributed by atoms with Crippen LogP contribution < -0.4 is 20.1 Å². The van der Waals surface area contributed by atoms with Crippen LogP contribution in [-0.2, 0) is 17.8 Å². The van der Waals surface area contributed by atoms with E-state index in [-0.39, 0.29) is 24.4 Å². The molecule has 1 aromatic heterocycles. The Kier molecular flexibility index (Phi) is 6.61. The Morgan fingerprint density at radius 1 is 1.14 bits per heavy atom. The highest BCUT2D eigenvalue weighted by Crippen LogP contribution is 2.32. The van der Waals surface area contributed by atoms with Crippen molar-refractivity contribution in [2.24, 2.45) is 0 Å². The van der Waals surface area contributed by atoms with E-state index >= 15 is 0 Å². The summed E-state index contributed by atoms with van der Waals surface area (Å²) in [5.41, 5.74) is 1.03. The van der Waals surface area contributed by atoms with Gasteiger partial charge in [0.15, 0.2) is 5.13 Å². The Labute approximate surface area is 170 Å². The van der Waals surface area contributed by atoms with E-state index < -0.39 is 11.6 Å². The van der Waals surface area contributed by atoms with E-state index in [1.54, 1.807) is 37.8 Å². The maximum absolute atomic E-state index is 13.6. The number of hydrogen-bond acceptors (Lipinski definition) is 6. The topological polar surface area (TPSA) is 72.5 Å². The van der Waals surface area contributed by atoms with Crippen LogP contribution in [0.4, 0.5) is 19.6 Å². The minimum absolute atomic E-state index is 0.0104. The number of hydrogen-bond donors (Lipinski definition) is 2. The number of carbonyl (C=O) groups excluding carboxylic acids is 1. The third-order valence-corrected chi connectivity index (χ3v) is 4.87. The van der Waals surface area contributed by atoms with Gasteiger partial charge in [-0.05, 0) is 24.3 Å². The average Bonchev–Trinajstić information content (AvgIpc) is 3.14. The van der Waals surface area contributed by atoms with Gasteiger partial charge in [-0.25, -0.2) is 13.8 Å². The van der Waals surface area contributed by atoms with E-state index in [1.807, 2.05) is 0 Å². The number of benzene rings is 2. The molecule has 3 rings (SSSR count). The first-order valence-corrected chi connectivity index (χ1v) is 9.51. The number of amides is 1. The van der Waals surface area contributed by atoms with Gasteiger partial charge in [-0.1, -0.05) is 6.07 Å². The van der Waals surface area contributed by atoms with Crippen molar-refractivity contribution in [3.8, 4) is 11.5 Å². The lowest BCUT2D eigenvalue weighted by molar-refractivity contribution is -0.120. The fraction of sp³-hybridized carbons (Fsp3) is 0.200. The molecule has 0 aliphatic carbocycles. The number of rotatable bonds is 8. The molecule has 0 spiro atoms. The quantitative estimate of drug-likeness (QED) is 0.577. The van der Waals surface area contributed by atoms with Crippen LogP contribution in [0.1, 0.15) is 11.3 Å². The van der Waals surface area contributed by atoms with E-state index in [9.17, 15) is 13.6 Å². The number of aromatic nitrogens is 1. The zero-order valence-electron chi connectivity index (χ0n) is 15.8. The summed E-state index contributed by atoms with van der Waals surface area (Å²) < 4.78 is 37.8. The molecular weight excluding hydrogens is 400 g/mol. The maximum Gasteiger partial charge on any atom is 0.226 e. The van der Waals surface area contributed by atoms with Crippen LogP contribution >= 0.6 is 11.3 Å². The van der Waals surface area contributed by atoms with Crippen molar-refractivity contribution >= 4 is 28.1 Å². The predicted molar refractivity (Wildman–Crippen MR) is 107 cm³/mol. The van der Waals surface area contributed by atoms with Gasteiger partial charge < -0.3 is 20.1 Å². The molecule has 0 radical (unpaired) electrons. The van der Waals surface area contributed by atoms with E-state index in [1.165, 1.54) is 17.4 Å². The van der Waals surface area contributed by atoms with Crippen molar-refractivity contribution in [3.63, 3.8) is 0 Å². The number of nitrogens with one attached hydrogen (secondary N) is 2. The van der Waals surface area contributed by atoms with Crippen molar-refractivity contribution < 1.29 is 23.0 Å². The minimum atomic E-state index is -0.697. The second-order valence-electron chi connectivity index (χ2n) is 5.99. The summed E-state index contributed by atoms with van der Waals surface area (Å²) in [4.78, 5) is 16.5. The van der Waals surface area contributed by atoms with Crippen molar-refractivity contribution in [3.05, 3.63) is 64.7 Å². The van der Waals surface area contributed by atoms with E-state index in [2.05, 4.69) is 15.6 Å². The first kappa shape index (κ1) is 20.5. The molecule has 1 amide bonds. The summed E-state index contributed by atoms with van der Waals surface area (Å²) in [6, 6.07) is 8.89. The van der Waals surface area contributed by atoms with Crippen molar-refractivity contribution in [1.29, 1.82) is 0 Å². The summed E-state index contributed by atoms with van der Waals surface area (Å²) in [6.07, 6.45) is -0.0104. The molecule has 0 bridgehead atoms. The van der Waals surface area contributed by atoms with Crippen molar-refractivity contribution in [2.45, 2.75) is 13.0 Å². The molecule has 3 aromatic rings. The van der Waals surface area contributed by atoms with Gasteiger partial charge in [0.05, 0.1) is 32.0 Å². The zero-order valence-corrected chi connectivity index (χ0v) is 16.6. The third kappa shape index (κ3) is 5.20. The van der Waals surface area contributed by atoms with Gasteiger partial charge >= 0.3 is 0 Å². The second kappa shape index (κ2) is 9.33. The number of ether oxygens (including phenoxy) is 2. The van der Waals surface area contributed by atoms with Crippen LogP contribution in [0.25, 0.3) is 0 Å². The minimum Gasteiger partial charge on any atom is -0.497 e. The van der Waals surface area contributed by atoms with E-state index in [0.29, 0.717) is 28.0 Å². The monoisotopic (exact) mass is 419 g/mol. The number of carbonyl (C=O) groups is 1. The van der Waals surface area contributed by atoms with Gasteiger partial charge in [0.2, 0.25) is 5.91 Å². The molecule has 1 heterocycles. The fourth-order valence-electron chi connectivity index (χ4n) is 2.59. The molecule has 0 fully saturated rings. The number of halogens is 2. The van der Waals surface area contributed by atoms with Gasteiger partial charge in [-0.3, -0.25) is 4.79 Å². The van der Waals surface area contributed by atoms with Gasteiger partial charge in [0.1, 0.15) is 23.1 Å². The number of methoxy groups -OCH3 is 2. The van der Waals surface area contributed by atoms with Crippen LogP contribution in [-0.4, -0.2) is 25.1 Å². The third-order valence-electron chi connectivity index (χ3n) is 4.07. The molecule has 29 heavy (non-hydrogen) atoms. The van der Waals surface area contributed by atoms with Gasteiger partial charge in [0, 0.05) is 23.6 Å². The van der Waals surface area contributed by atoms with Crippen LogP contribution in [0.5, 0.6) is 11.5 Å². The lowest BCUT2D eigenvalue weighted by atomic mass is 10.2. The SMILES string of the molecule is COc1ccc(OC)c(Nc2nc(CC(=O)NCc3c(F)cccc3F)cs2)c1. The van der Waals surface area contributed by atoms with Gasteiger partial charge in [-0.15, -0.1) is 11.3 Å². The Bertz CT molecular complexity index is 990. The van der Waals surface area contributed by atoms with Gasteiger partial charge in [0.25, 0.3) is 0 Å². The molecule has 0 saturated carbocycles. The smallest absolute Gasteiger partial charge is 0.226 e. The Morgan fingerprint density at radius 3 is 2.59 bits per heavy atom. The first-order valence-electron chi connectivity index (χ1n) is 8.63. The van der Waals surface area contributed by atoms with Crippen LogP contribution in [0, 0.1) is 11.6 Å². The Hall–Kier alpha value is -3.20. The molecule has 152 valence electrons. The van der Waals surface area contributed by atoms with Crippen molar-refractivity contribution in [1.82, 2.24) is 10.3 Å². The molecule has 0 saturated heterocycles. The lowest BCUT2D eigenvalue weighted by Crippen LogP contribution is -2.25. The average molecular weight is 419 g/mol. The number of nitrogens with zero attached hydrogens (tertiary/aromatic N) is 1. The summed E-state index contributed by atoms with van der Waals surface area (Å²) in [5.74, 6) is -0.504. The maximum atomic E-state index is 13.6. The van der Waals surface area contributed by atoms with E-state index in [4.69, 9.17) is 9.47 Å². The first-order chi connectivity index (χ1) is 14.0. The Balaban J connectivity index is 1.61. The van der Waals surface area contributed by atoms with Crippen molar-refractivity contribution in [2.75, 3.05) is 19.5 Å². The summed E-state index contributed by atoms with van der Waals surface area (Å²) in [7, 11) is 3.13. The van der Waals surface area contributed by atoms with E-state index in [0.717, 1.165) is 12.1 Å². The molecular formula is C20H19F2N3O3S. The number of anilines is 2. The molecule has 6 nitrogen and oxygen atoms in total. The molecule has 9 heteroatoms. The molecule has 0 aliphatic heterocycles. The highest BCUT2D eigenvalue weighted by atomic mass is 32.1. The largest absolute Gasteiger partial charge is 0.497 e. The normalized spacial score (nSPS) is 10.5. The highest BCUT2D eigenvalue weighted by Gasteiger charge is 2.13. The molecule has 0 aliphatic rings. The summed E-state index contributed by atoms with van der Waals surface area (Å²) in [6.45, 7) is -0.229. The highest BCUT2D eigenvalue weighted by molar-refractivity contribution is 7.13. The molecule has 2 aromatic carbocycles. The van der Waals surface area contributed by atoms with Crippen LogP contribution in [0.15, 0.2) is 41.8 Å². The second-order valence-corrected chi connectivity index (χ2v) is 6.85. The summed E-state index contributed by atoms with van der Waals surface area (Å²) >= 11 is 1.32. The predicted octanol–water partition coefficient (Wildman–Crippen LogP) is 4.04. The molecule has 2 N–H and O–H groups in total.